The highest BCUT2D eigenvalue weighted by Crippen LogP contribution is 2.47. The van der Waals surface area contributed by atoms with Gasteiger partial charge in [-0.1, -0.05) is 30.9 Å². The zero-order valence-electron chi connectivity index (χ0n) is 11.4. The Labute approximate surface area is 123 Å². The van der Waals surface area contributed by atoms with E-state index in [4.69, 9.17) is 0 Å². The molecule has 0 aliphatic heterocycles. The largest absolute Gasteiger partial charge is 0.346 e. The SMILES string of the molecule is CCC1=CC=C(C#Cc2cccc(F)c2F)C(F)(F)C1(F)F. The molecule has 0 radical (unpaired) electrons. The average molecular weight is 316 g/mol. The van der Waals surface area contributed by atoms with Gasteiger partial charge < -0.3 is 0 Å². The summed E-state index contributed by atoms with van der Waals surface area (Å²) in [4.78, 5) is 0. The van der Waals surface area contributed by atoms with Gasteiger partial charge in [-0.2, -0.15) is 17.6 Å². The lowest BCUT2D eigenvalue weighted by Gasteiger charge is -2.30. The topological polar surface area (TPSA) is 0 Å². The van der Waals surface area contributed by atoms with Gasteiger partial charge >= 0.3 is 11.8 Å². The third-order valence-corrected chi connectivity index (χ3v) is 3.25. The van der Waals surface area contributed by atoms with E-state index in [1.54, 1.807) is 0 Å². The summed E-state index contributed by atoms with van der Waals surface area (Å²) in [7, 11) is 0. The number of rotatable bonds is 1. The molecule has 2 rings (SSSR count). The molecule has 0 nitrogen and oxygen atoms in total. The van der Waals surface area contributed by atoms with Gasteiger partial charge in [0, 0.05) is 5.57 Å². The maximum absolute atomic E-state index is 13.8. The third kappa shape index (κ3) is 2.52. The fourth-order valence-corrected chi connectivity index (χ4v) is 1.96. The molecule has 1 aromatic rings. The lowest BCUT2D eigenvalue weighted by Crippen LogP contribution is -2.44. The Bertz CT molecular complexity index is 716. The van der Waals surface area contributed by atoms with Crippen molar-refractivity contribution in [3.8, 4) is 11.8 Å². The molecule has 116 valence electrons. The van der Waals surface area contributed by atoms with Crippen LogP contribution >= 0.6 is 0 Å². The van der Waals surface area contributed by atoms with E-state index in [0.29, 0.717) is 0 Å². The van der Waals surface area contributed by atoms with E-state index < -0.39 is 40.2 Å². The van der Waals surface area contributed by atoms with Gasteiger partial charge in [-0.05, 0) is 24.6 Å². The molecule has 0 N–H and O–H groups in total. The standard InChI is InChI=1S/C16H10F6/c1-2-11-8-9-12(16(21,22)15(11,19)20)7-6-10-4-3-5-13(17)14(10)18/h3-5,8-9H,2H2,1H3. The van der Waals surface area contributed by atoms with Crippen LogP contribution in [0.1, 0.15) is 18.9 Å². The van der Waals surface area contributed by atoms with Crippen molar-refractivity contribution in [2.24, 2.45) is 0 Å². The molecule has 0 saturated heterocycles. The molecule has 1 aliphatic rings. The Morgan fingerprint density at radius 2 is 1.64 bits per heavy atom. The summed E-state index contributed by atoms with van der Waals surface area (Å²) in [6, 6.07) is 3.04. The first-order valence-electron chi connectivity index (χ1n) is 6.35. The van der Waals surface area contributed by atoms with Crippen molar-refractivity contribution < 1.29 is 26.3 Å². The smallest absolute Gasteiger partial charge is 0.204 e. The van der Waals surface area contributed by atoms with Crippen molar-refractivity contribution in [3.05, 3.63) is 58.7 Å². The summed E-state index contributed by atoms with van der Waals surface area (Å²) in [6.45, 7) is 1.34. The Morgan fingerprint density at radius 1 is 0.955 bits per heavy atom. The van der Waals surface area contributed by atoms with Gasteiger partial charge in [0.15, 0.2) is 11.6 Å². The predicted octanol–water partition coefficient (Wildman–Crippen LogP) is 4.86. The van der Waals surface area contributed by atoms with E-state index in [0.717, 1.165) is 30.4 Å². The maximum Gasteiger partial charge on any atom is 0.346 e. The van der Waals surface area contributed by atoms with Gasteiger partial charge in [0.1, 0.15) is 0 Å². The zero-order valence-corrected chi connectivity index (χ0v) is 11.4. The second-order valence-electron chi connectivity index (χ2n) is 4.63. The minimum atomic E-state index is -4.50. The first kappa shape index (κ1) is 16.2. The first-order chi connectivity index (χ1) is 10.2. The van der Waals surface area contributed by atoms with E-state index >= 15 is 0 Å². The van der Waals surface area contributed by atoms with Crippen molar-refractivity contribution in [1.29, 1.82) is 0 Å². The summed E-state index contributed by atoms with van der Waals surface area (Å²) in [6.07, 6.45) is 1.42. The average Bonchev–Trinajstić information content (AvgIpc) is 2.45. The third-order valence-electron chi connectivity index (χ3n) is 3.25. The van der Waals surface area contributed by atoms with E-state index in [2.05, 4.69) is 0 Å². The highest BCUT2D eigenvalue weighted by Gasteiger charge is 2.61. The first-order valence-corrected chi connectivity index (χ1v) is 6.35. The Hall–Kier alpha value is -2.16. The molecule has 0 unspecified atom stereocenters. The molecule has 0 spiro atoms. The Balaban J connectivity index is 2.47. The van der Waals surface area contributed by atoms with Crippen LogP contribution < -0.4 is 0 Å². The van der Waals surface area contributed by atoms with Crippen LogP contribution in [0.4, 0.5) is 26.3 Å². The van der Waals surface area contributed by atoms with E-state index in [1.165, 1.54) is 6.92 Å². The molecule has 0 amide bonds. The fourth-order valence-electron chi connectivity index (χ4n) is 1.96. The predicted molar refractivity (Wildman–Crippen MR) is 69.6 cm³/mol. The molecule has 0 aromatic heterocycles. The summed E-state index contributed by atoms with van der Waals surface area (Å²) >= 11 is 0. The van der Waals surface area contributed by atoms with Crippen LogP contribution in [-0.4, -0.2) is 11.8 Å². The lowest BCUT2D eigenvalue weighted by atomic mass is 9.89. The van der Waals surface area contributed by atoms with Crippen LogP contribution in [0, 0.1) is 23.5 Å². The van der Waals surface area contributed by atoms with Crippen molar-refractivity contribution in [2.75, 3.05) is 0 Å². The van der Waals surface area contributed by atoms with Crippen molar-refractivity contribution >= 4 is 0 Å². The van der Waals surface area contributed by atoms with E-state index in [9.17, 15) is 26.3 Å². The highest BCUT2D eigenvalue weighted by atomic mass is 19.3. The van der Waals surface area contributed by atoms with Gasteiger partial charge in [-0.25, -0.2) is 8.78 Å². The molecule has 0 fully saturated rings. The summed E-state index contributed by atoms with van der Waals surface area (Å²) in [5.41, 5.74) is -2.33. The summed E-state index contributed by atoms with van der Waals surface area (Å²) in [5, 5.41) is 0. The molecule has 1 aliphatic carbocycles. The Kier molecular flexibility index (Phi) is 4.10. The molecular formula is C16H10F6. The molecular weight excluding hydrogens is 306 g/mol. The van der Waals surface area contributed by atoms with Crippen LogP contribution in [0.3, 0.4) is 0 Å². The van der Waals surface area contributed by atoms with Crippen LogP contribution in [0.15, 0.2) is 41.5 Å². The number of hydrogen-bond acceptors (Lipinski definition) is 0. The quantitative estimate of drug-likeness (QED) is 0.512. The fraction of sp³-hybridized carbons (Fsp3) is 0.250. The van der Waals surface area contributed by atoms with E-state index in [1.807, 2.05) is 11.8 Å². The molecule has 0 atom stereocenters. The van der Waals surface area contributed by atoms with Gasteiger partial charge in [0.05, 0.1) is 11.1 Å². The monoisotopic (exact) mass is 316 g/mol. The van der Waals surface area contributed by atoms with Crippen LogP contribution in [0.5, 0.6) is 0 Å². The summed E-state index contributed by atoms with van der Waals surface area (Å²) in [5.74, 6) is -7.57. The maximum atomic E-state index is 13.8. The number of allylic oxidation sites excluding steroid dienone is 4. The van der Waals surface area contributed by atoms with Gasteiger partial charge in [0.2, 0.25) is 0 Å². The number of benzene rings is 1. The zero-order chi connectivity index (χ0) is 16.5. The summed E-state index contributed by atoms with van der Waals surface area (Å²) < 4.78 is 81.4. The van der Waals surface area contributed by atoms with Crippen molar-refractivity contribution in [1.82, 2.24) is 0 Å². The van der Waals surface area contributed by atoms with Crippen LogP contribution in [0.2, 0.25) is 0 Å². The van der Waals surface area contributed by atoms with Gasteiger partial charge in [-0.15, -0.1) is 0 Å². The minimum absolute atomic E-state index is 0.238. The highest BCUT2D eigenvalue weighted by molar-refractivity contribution is 5.50. The lowest BCUT2D eigenvalue weighted by molar-refractivity contribution is -0.161. The van der Waals surface area contributed by atoms with Gasteiger partial charge in [0.25, 0.3) is 0 Å². The second-order valence-corrected chi connectivity index (χ2v) is 4.63. The van der Waals surface area contributed by atoms with Crippen LogP contribution in [-0.2, 0) is 0 Å². The van der Waals surface area contributed by atoms with Crippen molar-refractivity contribution in [2.45, 2.75) is 25.2 Å². The molecule has 22 heavy (non-hydrogen) atoms. The van der Waals surface area contributed by atoms with Gasteiger partial charge in [-0.3, -0.25) is 0 Å². The minimum Gasteiger partial charge on any atom is -0.204 e. The molecule has 0 heterocycles. The molecule has 1 aromatic carbocycles. The number of hydrogen-bond donors (Lipinski definition) is 0. The molecule has 0 bridgehead atoms. The number of alkyl halides is 4. The molecule has 6 heteroatoms. The van der Waals surface area contributed by atoms with Crippen LogP contribution in [0.25, 0.3) is 0 Å². The van der Waals surface area contributed by atoms with Crippen molar-refractivity contribution in [3.63, 3.8) is 0 Å². The number of halogens is 6. The van der Waals surface area contributed by atoms with E-state index in [-0.39, 0.29) is 6.42 Å². The second kappa shape index (κ2) is 5.56. The Morgan fingerprint density at radius 3 is 2.27 bits per heavy atom. The normalized spacial score (nSPS) is 18.9. The molecule has 0 saturated carbocycles.